The van der Waals surface area contributed by atoms with Crippen molar-refractivity contribution in [1.82, 2.24) is 14.5 Å². The van der Waals surface area contributed by atoms with Crippen LogP contribution < -0.4 is 11.3 Å². The van der Waals surface area contributed by atoms with E-state index in [1.165, 1.54) is 16.7 Å². The van der Waals surface area contributed by atoms with Gasteiger partial charge in [-0.1, -0.05) is 36.4 Å². The zero-order valence-electron chi connectivity index (χ0n) is 18.0. The minimum atomic E-state index is -0.996. The summed E-state index contributed by atoms with van der Waals surface area (Å²) in [6, 6.07) is 13.5. The number of amides is 1. The van der Waals surface area contributed by atoms with Crippen LogP contribution in [-0.4, -0.2) is 51.8 Å². The van der Waals surface area contributed by atoms with Crippen molar-refractivity contribution in [1.29, 1.82) is 0 Å². The van der Waals surface area contributed by atoms with E-state index in [-0.39, 0.29) is 24.6 Å². The molecule has 1 aromatic heterocycles. The van der Waals surface area contributed by atoms with Crippen LogP contribution in [0.25, 0.3) is 0 Å². The highest BCUT2D eigenvalue weighted by atomic mass is 19.1. The molecule has 33 heavy (non-hydrogen) atoms. The van der Waals surface area contributed by atoms with Gasteiger partial charge < -0.3 is 15.6 Å². The number of carbonyl (C=O) groups excluding carboxylic acids is 1. The number of hydrogen-bond acceptors (Lipinski definition) is 6. The minimum Gasteiger partial charge on any atom is -0.501 e. The SMILES string of the molecule is NC(=O)c1nc(Cc2ccc(F)cc2)n(Cc2ccccc2CN2CCOCC2)c(=O)c1O. The maximum Gasteiger partial charge on any atom is 0.296 e. The fourth-order valence-corrected chi connectivity index (χ4v) is 3.88. The van der Waals surface area contributed by atoms with E-state index < -0.39 is 22.9 Å². The molecule has 0 radical (unpaired) electrons. The Bertz CT molecular complexity index is 1200. The molecular formula is C24H25FN4O4. The van der Waals surface area contributed by atoms with E-state index in [1.807, 2.05) is 24.3 Å². The molecule has 0 atom stereocenters. The van der Waals surface area contributed by atoms with Crippen LogP contribution in [0.4, 0.5) is 4.39 Å². The van der Waals surface area contributed by atoms with Crippen LogP contribution >= 0.6 is 0 Å². The molecule has 0 aliphatic carbocycles. The third-order valence-electron chi connectivity index (χ3n) is 5.68. The molecule has 2 aromatic carbocycles. The third kappa shape index (κ3) is 5.27. The van der Waals surface area contributed by atoms with Gasteiger partial charge in [0.1, 0.15) is 11.6 Å². The van der Waals surface area contributed by atoms with Gasteiger partial charge in [-0.3, -0.25) is 19.1 Å². The average molecular weight is 452 g/mol. The summed E-state index contributed by atoms with van der Waals surface area (Å²) in [5.41, 5.74) is 6.71. The molecule has 0 saturated carbocycles. The second kappa shape index (κ2) is 9.93. The Morgan fingerprint density at radius 2 is 1.70 bits per heavy atom. The number of aromatic hydroxyl groups is 1. The molecule has 0 spiro atoms. The lowest BCUT2D eigenvalue weighted by atomic mass is 10.1. The number of hydrogen-bond donors (Lipinski definition) is 2. The van der Waals surface area contributed by atoms with Crippen molar-refractivity contribution in [3.63, 3.8) is 0 Å². The summed E-state index contributed by atoms with van der Waals surface area (Å²) >= 11 is 0. The number of nitrogens with two attached hydrogens (primary N) is 1. The molecule has 9 heteroatoms. The summed E-state index contributed by atoms with van der Waals surface area (Å²) in [6.07, 6.45) is 0.154. The zero-order chi connectivity index (χ0) is 23.4. The summed E-state index contributed by atoms with van der Waals surface area (Å²) < 4.78 is 20.1. The van der Waals surface area contributed by atoms with Crippen LogP contribution in [0.15, 0.2) is 53.3 Å². The predicted octanol–water partition coefficient (Wildman–Crippen LogP) is 1.66. The van der Waals surface area contributed by atoms with Crippen molar-refractivity contribution < 1.29 is 19.0 Å². The fourth-order valence-electron chi connectivity index (χ4n) is 3.88. The highest BCUT2D eigenvalue weighted by Gasteiger charge is 2.21. The van der Waals surface area contributed by atoms with Gasteiger partial charge in [-0.15, -0.1) is 0 Å². The first-order valence-electron chi connectivity index (χ1n) is 10.7. The monoisotopic (exact) mass is 452 g/mol. The summed E-state index contributed by atoms with van der Waals surface area (Å²) in [5.74, 6) is -1.91. The van der Waals surface area contributed by atoms with Gasteiger partial charge in [-0.25, -0.2) is 9.37 Å². The van der Waals surface area contributed by atoms with Gasteiger partial charge in [-0.2, -0.15) is 0 Å². The van der Waals surface area contributed by atoms with Gasteiger partial charge in [0, 0.05) is 26.1 Å². The van der Waals surface area contributed by atoms with E-state index in [9.17, 15) is 19.1 Å². The van der Waals surface area contributed by atoms with Crippen molar-refractivity contribution in [2.75, 3.05) is 26.3 Å². The van der Waals surface area contributed by atoms with Gasteiger partial charge in [0.2, 0.25) is 5.75 Å². The van der Waals surface area contributed by atoms with Gasteiger partial charge in [0.15, 0.2) is 5.69 Å². The first-order chi connectivity index (χ1) is 15.9. The number of primary amides is 1. The number of ether oxygens (including phenoxy) is 1. The normalized spacial score (nSPS) is 14.3. The molecule has 2 heterocycles. The van der Waals surface area contributed by atoms with Crippen molar-refractivity contribution in [2.24, 2.45) is 5.73 Å². The molecule has 1 amide bonds. The number of morpholine rings is 1. The highest BCUT2D eigenvalue weighted by molar-refractivity contribution is 5.93. The summed E-state index contributed by atoms with van der Waals surface area (Å²) in [6.45, 7) is 3.83. The van der Waals surface area contributed by atoms with E-state index in [1.54, 1.807) is 12.1 Å². The van der Waals surface area contributed by atoms with E-state index in [2.05, 4.69) is 9.88 Å². The Labute approximate surface area is 190 Å². The van der Waals surface area contributed by atoms with Crippen LogP contribution in [0.3, 0.4) is 0 Å². The molecule has 0 bridgehead atoms. The second-order valence-corrected chi connectivity index (χ2v) is 7.94. The first kappa shape index (κ1) is 22.6. The molecule has 0 unspecified atom stereocenters. The number of rotatable bonds is 7. The molecule has 3 aromatic rings. The number of carbonyl (C=O) groups is 1. The molecule has 1 aliphatic rings. The Morgan fingerprint density at radius 3 is 2.33 bits per heavy atom. The second-order valence-electron chi connectivity index (χ2n) is 7.94. The lowest BCUT2D eigenvalue weighted by Gasteiger charge is -2.27. The van der Waals surface area contributed by atoms with Crippen molar-refractivity contribution in [2.45, 2.75) is 19.5 Å². The molecule has 172 valence electrons. The molecule has 1 saturated heterocycles. The zero-order valence-corrected chi connectivity index (χ0v) is 18.0. The Kier molecular flexibility index (Phi) is 6.81. The Hall–Kier alpha value is -3.56. The number of benzene rings is 2. The van der Waals surface area contributed by atoms with Crippen LogP contribution in [-0.2, 0) is 24.2 Å². The van der Waals surface area contributed by atoms with Crippen LogP contribution in [0, 0.1) is 5.82 Å². The van der Waals surface area contributed by atoms with Crippen molar-refractivity contribution in [3.8, 4) is 5.75 Å². The molecular weight excluding hydrogens is 427 g/mol. The predicted molar refractivity (Wildman–Crippen MR) is 120 cm³/mol. The quantitative estimate of drug-likeness (QED) is 0.564. The van der Waals surface area contributed by atoms with Crippen LogP contribution in [0.1, 0.15) is 33.0 Å². The van der Waals surface area contributed by atoms with E-state index in [0.717, 1.165) is 24.2 Å². The third-order valence-corrected chi connectivity index (χ3v) is 5.68. The van der Waals surface area contributed by atoms with Gasteiger partial charge in [0.05, 0.1) is 19.8 Å². The molecule has 4 rings (SSSR count). The first-order valence-corrected chi connectivity index (χ1v) is 10.7. The van der Waals surface area contributed by atoms with Crippen molar-refractivity contribution >= 4 is 5.91 Å². The Balaban J connectivity index is 1.72. The number of halogens is 1. The standard InChI is InChI=1S/C24H25FN4O4/c25-19-7-5-16(6-8-19)13-20-27-21(23(26)31)22(30)24(32)29(20)15-18-4-2-1-3-17(18)14-28-9-11-33-12-10-28/h1-8,30H,9-15H2,(H2,26,31). The van der Waals surface area contributed by atoms with Gasteiger partial charge in [0.25, 0.3) is 11.5 Å². The largest absolute Gasteiger partial charge is 0.501 e. The van der Waals surface area contributed by atoms with Crippen LogP contribution in [0.5, 0.6) is 5.75 Å². The van der Waals surface area contributed by atoms with E-state index in [4.69, 9.17) is 10.5 Å². The van der Waals surface area contributed by atoms with E-state index >= 15 is 0 Å². The van der Waals surface area contributed by atoms with Crippen molar-refractivity contribution in [3.05, 3.63) is 92.9 Å². The lowest BCUT2D eigenvalue weighted by Crippen LogP contribution is -2.36. The molecule has 1 aliphatic heterocycles. The highest BCUT2D eigenvalue weighted by Crippen LogP contribution is 2.18. The van der Waals surface area contributed by atoms with Gasteiger partial charge >= 0.3 is 0 Å². The average Bonchev–Trinajstić information content (AvgIpc) is 2.81. The molecule has 8 nitrogen and oxygen atoms in total. The van der Waals surface area contributed by atoms with Crippen LogP contribution in [0.2, 0.25) is 0 Å². The molecule has 1 fully saturated rings. The maximum absolute atomic E-state index is 13.3. The summed E-state index contributed by atoms with van der Waals surface area (Å²) in [7, 11) is 0. The lowest BCUT2D eigenvalue weighted by molar-refractivity contribution is 0.0340. The van der Waals surface area contributed by atoms with E-state index in [0.29, 0.717) is 25.3 Å². The topological polar surface area (TPSA) is 111 Å². The Morgan fingerprint density at radius 1 is 1.06 bits per heavy atom. The maximum atomic E-state index is 13.3. The fraction of sp³-hybridized carbons (Fsp3) is 0.292. The molecule has 3 N–H and O–H groups in total. The summed E-state index contributed by atoms with van der Waals surface area (Å²) in [5, 5.41) is 10.3. The smallest absolute Gasteiger partial charge is 0.296 e. The number of aromatic nitrogens is 2. The summed E-state index contributed by atoms with van der Waals surface area (Å²) in [4.78, 5) is 31.3. The van der Waals surface area contributed by atoms with Gasteiger partial charge in [-0.05, 0) is 28.8 Å². The number of nitrogens with zero attached hydrogens (tertiary/aromatic N) is 3. The minimum absolute atomic E-state index is 0.148.